The summed E-state index contributed by atoms with van der Waals surface area (Å²) in [5.41, 5.74) is 4.92. The molecule has 0 saturated heterocycles. The molecule has 25 heavy (non-hydrogen) atoms. The number of rotatable bonds is 6. The molecule has 0 aliphatic rings. The van der Waals surface area contributed by atoms with Crippen molar-refractivity contribution in [1.82, 2.24) is 9.38 Å². The van der Waals surface area contributed by atoms with Crippen LogP contribution in [0.15, 0.2) is 60.8 Å². The van der Waals surface area contributed by atoms with Crippen molar-refractivity contribution in [3.8, 4) is 11.3 Å². The van der Waals surface area contributed by atoms with Crippen LogP contribution in [-0.2, 0) is 6.54 Å². The first-order valence-electron chi connectivity index (χ1n) is 9.22. The van der Waals surface area contributed by atoms with Crippen molar-refractivity contribution in [2.75, 3.05) is 19.6 Å². The lowest BCUT2D eigenvalue weighted by molar-refractivity contribution is -0.912. The molecule has 128 valence electrons. The Kier molecular flexibility index (Phi) is 4.28. The summed E-state index contributed by atoms with van der Waals surface area (Å²) in [6, 6.07) is 19.2. The summed E-state index contributed by atoms with van der Waals surface area (Å²) in [5.74, 6) is 1.16. The molecule has 4 heteroatoms. The Bertz CT molecular complexity index is 977. The van der Waals surface area contributed by atoms with Gasteiger partial charge in [-0.2, -0.15) is 4.40 Å². The van der Waals surface area contributed by atoms with Crippen molar-refractivity contribution in [2.24, 2.45) is 0 Å². The molecule has 2 aromatic carbocycles. The number of H-pyrrole nitrogens is 1. The molecule has 4 aromatic rings. The van der Waals surface area contributed by atoms with E-state index < -0.39 is 0 Å². The number of fused-ring (bicyclic) bond motifs is 3. The lowest BCUT2D eigenvalue weighted by atomic mass is 10.2. The van der Waals surface area contributed by atoms with Gasteiger partial charge in [-0.15, -0.1) is 0 Å². The highest BCUT2D eigenvalue weighted by Crippen LogP contribution is 2.21. The molecule has 0 aliphatic carbocycles. The Morgan fingerprint density at radius 1 is 0.960 bits per heavy atom. The summed E-state index contributed by atoms with van der Waals surface area (Å²) in [6.07, 6.45) is 2.22. The van der Waals surface area contributed by atoms with Gasteiger partial charge in [-0.05, 0) is 26.0 Å². The van der Waals surface area contributed by atoms with E-state index in [-0.39, 0.29) is 0 Å². The van der Waals surface area contributed by atoms with E-state index in [1.807, 2.05) is 0 Å². The van der Waals surface area contributed by atoms with Crippen LogP contribution in [0, 0.1) is 0 Å². The number of para-hydroxylation sites is 2. The van der Waals surface area contributed by atoms with E-state index in [4.69, 9.17) is 0 Å². The average molecular weight is 334 g/mol. The highest BCUT2D eigenvalue weighted by Gasteiger charge is 2.22. The zero-order chi connectivity index (χ0) is 17.2. The molecule has 0 amide bonds. The molecule has 0 bridgehead atoms. The molecule has 2 aromatic heterocycles. The van der Waals surface area contributed by atoms with E-state index in [2.05, 4.69) is 88.6 Å². The van der Waals surface area contributed by atoms with Crippen LogP contribution in [-0.4, -0.2) is 29.0 Å². The minimum Gasteiger partial charge on any atom is -0.333 e. The summed E-state index contributed by atoms with van der Waals surface area (Å²) < 4.78 is 4.71. The van der Waals surface area contributed by atoms with Crippen LogP contribution < -0.4 is 9.47 Å². The van der Waals surface area contributed by atoms with Crippen molar-refractivity contribution in [3.05, 3.63) is 60.8 Å². The fourth-order valence-electron chi connectivity index (χ4n) is 3.66. The summed E-state index contributed by atoms with van der Waals surface area (Å²) in [4.78, 5) is 5.28. The van der Waals surface area contributed by atoms with Gasteiger partial charge >= 0.3 is 5.78 Å². The Hall–Kier alpha value is -2.59. The number of imidazole rings is 2. The number of benzene rings is 2. The van der Waals surface area contributed by atoms with Gasteiger partial charge in [0.15, 0.2) is 0 Å². The van der Waals surface area contributed by atoms with E-state index in [1.54, 1.807) is 4.90 Å². The van der Waals surface area contributed by atoms with E-state index in [1.165, 1.54) is 29.7 Å². The first kappa shape index (κ1) is 15.9. The number of likely N-dealkylation sites (N-methyl/N-ethyl adjacent to an activating group) is 1. The van der Waals surface area contributed by atoms with Gasteiger partial charge in [-0.1, -0.05) is 42.5 Å². The Morgan fingerprint density at radius 2 is 1.68 bits per heavy atom. The largest absolute Gasteiger partial charge is 0.368 e. The fourth-order valence-corrected chi connectivity index (χ4v) is 3.66. The smallest absolute Gasteiger partial charge is 0.333 e. The number of quaternary nitrogens is 1. The average Bonchev–Trinajstić information content (AvgIpc) is 3.22. The van der Waals surface area contributed by atoms with Gasteiger partial charge in [-0.25, -0.2) is 9.55 Å². The van der Waals surface area contributed by atoms with Gasteiger partial charge in [-0.3, -0.25) is 0 Å². The number of aromatic nitrogens is 3. The molecule has 2 N–H and O–H groups in total. The zero-order valence-electron chi connectivity index (χ0n) is 15.0. The van der Waals surface area contributed by atoms with Gasteiger partial charge in [0.05, 0.1) is 13.1 Å². The van der Waals surface area contributed by atoms with Crippen molar-refractivity contribution in [2.45, 2.75) is 20.4 Å². The van der Waals surface area contributed by atoms with E-state index in [9.17, 15) is 0 Å². The molecule has 0 saturated carbocycles. The number of nitrogens with one attached hydrogen (secondary N) is 2. The second-order valence-electron chi connectivity index (χ2n) is 6.57. The first-order chi connectivity index (χ1) is 12.3. The standard InChI is InChI=1S/C21H24N4/c1-3-23(4-2)14-15-24-19-12-8-9-13-20(19)25-16-18(22-21(24)25)17-10-6-5-7-11-17/h5-13,16H,3-4,14-15H2,1-2H3/p+2. The quantitative estimate of drug-likeness (QED) is 0.507. The highest BCUT2D eigenvalue weighted by molar-refractivity contribution is 5.76. The maximum absolute atomic E-state index is 3.65. The molecular weight excluding hydrogens is 308 g/mol. The fraction of sp³-hybridized carbons (Fsp3) is 0.286. The third-order valence-electron chi connectivity index (χ3n) is 5.19. The van der Waals surface area contributed by atoms with Crippen LogP contribution in [0.1, 0.15) is 13.8 Å². The van der Waals surface area contributed by atoms with Gasteiger partial charge in [0.25, 0.3) is 0 Å². The maximum atomic E-state index is 3.65. The number of hydrogen-bond donors (Lipinski definition) is 2. The zero-order valence-corrected chi connectivity index (χ0v) is 15.0. The Balaban J connectivity index is 1.82. The van der Waals surface area contributed by atoms with Crippen LogP contribution in [0.25, 0.3) is 28.1 Å². The molecule has 2 heterocycles. The third-order valence-corrected chi connectivity index (χ3v) is 5.19. The second kappa shape index (κ2) is 6.73. The molecule has 0 fully saturated rings. The number of nitrogens with zero attached hydrogens (tertiary/aromatic N) is 2. The first-order valence-corrected chi connectivity index (χ1v) is 9.22. The van der Waals surface area contributed by atoms with Crippen molar-refractivity contribution in [1.29, 1.82) is 0 Å². The lowest BCUT2D eigenvalue weighted by Crippen LogP contribution is -3.12. The summed E-state index contributed by atoms with van der Waals surface area (Å²) in [6.45, 7) is 9.03. The second-order valence-corrected chi connectivity index (χ2v) is 6.57. The monoisotopic (exact) mass is 334 g/mol. The minimum atomic E-state index is 1.02. The number of aromatic amines is 1. The summed E-state index contributed by atoms with van der Waals surface area (Å²) >= 11 is 0. The topological polar surface area (TPSA) is 28.5 Å². The lowest BCUT2D eigenvalue weighted by Gasteiger charge is -2.14. The van der Waals surface area contributed by atoms with Gasteiger partial charge in [0, 0.05) is 5.56 Å². The Labute approximate surface area is 148 Å². The van der Waals surface area contributed by atoms with Crippen molar-refractivity contribution < 1.29 is 9.47 Å². The van der Waals surface area contributed by atoms with Gasteiger partial charge < -0.3 is 4.90 Å². The SMILES string of the molecule is CC[NH+](CC)CC[n+]1c2ccccc2n2cc(-c3ccccc3)[nH]c21. The van der Waals surface area contributed by atoms with Gasteiger partial charge in [0.1, 0.15) is 36.0 Å². The van der Waals surface area contributed by atoms with Crippen LogP contribution in [0.4, 0.5) is 0 Å². The molecule has 0 spiro atoms. The van der Waals surface area contributed by atoms with E-state index in [0.29, 0.717) is 0 Å². The minimum absolute atomic E-state index is 1.02. The molecule has 0 atom stereocenters. The third kappa shape index (κ3) is 2.83. The highest BCUT2D eigenvalue weighted by atomic mass is 15.2. The van der Waals surface area contributed by atoms with E-state index >= 15 is 0 Å². The molecule has 0 unspecified atom stereocenters. The van der Waals surface area contributed by atoms with Crippen LogP contribution in [0.5, 0.6) is 0 Å². The van der Waals surface area contributed by atoms with Crippen molar-refractivity contribution in [3.63, 3.8) is 0 Å². The predicted molar refractivity (Wildman–Crippen MR) is 102 cm³/mol. The van der Waals surface area contributed by atoms with Crippen molar-refractivity contribution >= 4 is 16.8 Å². The molecule has 4 rings (SSSR count). The van der Waals surface area contributed by atoms with Crippen LogP contribution in [0.2, 0.25) is 0 Å². The van der Waals surface area contributed by atoms with Crippen LogP contribution in [0.3, 0.4) is 0 Å². The predicted octanol–water partition coefficient (Wildman–Crippen LogP) is 2.30. The molecule has 0 radical (unpaired) electrons. The normalized spacial score (nSPS) is 11.8. The summed E-state index contributed by atoms with van der Waals surface area (Å²) in [7, 11) is 0. The number of hydrogen-bond acceptors (Lipinski definition) is 0. The van der Waals surface area contributed by atoms with Crippen LogP contribution >= 0.6 is 0 Å². The Morgan fingerprint density at radius 3 is 2.44 bits per heavy atom. The summed E-state index contributed by atoms with van der Waals surface area (Å²) in [5, 5.41) is 0. The molecule has 0 aliphatic heterocycles. The van der Waals surface area contributed by atoms with Gasteiger partial charge in [0.2, 0.25) is 0 Å². The molecule has 4 nitrogen and oxygen atoms in total. The maximum Gasteiger partial charge on any atom is 0.368 e. The molecular formula is C21H26N4+2. The van der Waals surface area contributed by atoms with E-state index in [0.717, 1.165) is 24.6 Å².